The van der Waals surface area contributed by atoms with Crippen LogP contribution in [0.25, 0.3) is 11.3 Å². The minimum Gasteiger partial charge on any atom is -0.369 e. The normalized spacial score (nSPS) is 10.3. The maximum Gasteiger partial charge on any atom is 0.227 e. The number of carbonyl (C=O) groups is 1. The Labute approximate surface area is 117 Å². The highest BCUT2D eigenvalue weighted by molar-refractivity contribution is 9.10. The SMILES string of the molecule is NC(=O)CSc1nccc(-c2ccc(Br)cc2)n1. The molecule has 1 heterocycles. The van der Waals surface area contributed by atoms with Gasteiger partial charge in [0.25, 0.3) is 0 Å². The molecule has 1 aromatic heterocycles. The van der Waals surface area contributed by atoms with Crippen LogP contribution in [0.4, 0.5) is 0 Å². The second kappa shape index (κ2) is 5.97. The van der Waals surface area contributed by atoms with Crippen molar-refractivity contribution in [3.63, 3.8) is 0 Å². The van der Waals surface area contributed by atoms with Gasteiger partial charge in [-0.15, -0.1) is 0 Å². The van der Waals surface area contributed by atoms with Gasteiger partial charge in [-0.1, -0.05) is 39.8 Å². The van der Waals surface area contributed by atoms with E-state index in [1.807, 2.05) is 30.3 Å². The molecule has 0 bridgehead atoms. The van der Waals surface area contributed by atoms with E-state index >= 15 is 0 Å². The van der Waals surface area contributed by atoms with Crippen LogP contribution < -0.4 is 5.73 Å². The van der Waals surface area contributed by atoms with E-state index in [4.69, 9.17) is 5.73 Å². The Hall–Kier alpha value is -1.40. The van der Waals surface area contributed by atoms with E-state index in [1.54, 1.807) is 6.20 Å². The highest BCUT2D eigenvalue weighted by Gasteiger charge is 2.04. The van der Waals surface area contributed by atoms with Crippen molar-refractivity contribution in [3.8, 4) is 11.3 Å². The Morgan fingerprint density at radius 2 is 2.00 bits per heavy atom. The van der Waals surface area contributed by atoms with Gasteiger partial charge in [0.15, 0.2) is 5.16 Å². The lowest BCUT2D eigenvalue weighted by atomic mass is 10.1. The number of aromatic nitrogens is 2. The van der Waals surface area contributed by atoms with Crippen molar-refractivity contribution < 1.29 is 4.79 Å². The second-order valence-corrected chi connectivity index (χ2v) is 5.34. The van der Waals surface area contributed by atoms with E-state index in [2.05, 4.69) is 25.9 Å². The summed E-state index contributed by atoms with van der Waals surface area (Å²) in [7, 11) is 0. The van der Waals surface area contributed by atoms with E-state index in [0.29, 0.717) is 5.16 Å². The third-order valence-electron chi connectivity index (χ3n) is 2.12. The third kappa shape index (κ3) is 3.54. The van der Waals surface area contributed by atoms with Crippen LogP contribution in [0.5, 0.6) is 0 Å². The summed E-state index contributed by atoms with van der Waals surface area (Å²) in [6, 6.07) is 9.67. The zero-order chi connectivity index (χ0) is 13.0. The Balaban J connectivity index is 2.21. The maximum absolute atomic E-state index is 10.7. The summed E-state index contributed by atoms with van der Waals surface area (Å²) in [4.78, 5) is 19.2. The quantitative estimate of drug-likeness (QED) is 0.693. The zero-order valence-electron chi connectivity index (χ0n) is 9.34. The number of nitrogens with zero attached hydrogens (tertiary/aromatic N) is 2. The average Bonchev–Trinajstić information content (AvgIpc) is 2.37. The Kier molecular flexibility index (Phi) is 4.33. The monoisotopic (exact) mass is 323 g/mol. The van der Waals surface area contributed by atoms with Gasteiger partial charge in [0.05, 0.1) is 11.4 Å². The standard InChI is InChI=1S/C12H10BrN3OS/c13-9-3-1-8(2-4-9)10-5-6-15-12(16-10)18-7-11(14)17/h1-6H,7H2,(H2,14,17). The number of hydrogen-bond acceptors (Lipinski definition) is 4. The number of nitrogens with two attached hydrogens (primary N) is 1. The molecule has 0 saturated heterocycles. The first-order valence-corrected chi connectivity index (χ1v) is 6.93. The molecule has 92 valence electrons. The van der Waals surface area contributed by atoms with Crippen molar-refractivity contribution in [1.82, 2.24) is 9.97 Å². The van der Waals surface area contributed by atoms with Gasteiger partial charge in [-0.25, -0.2) is 9.97 Å². The molecule has 0 fully saturated rings. The molecule has 4 nitrogen and oxygen atoms in total. The number of carbonyl (C=O) groups excluding carboxylic acids is 1. The van der Waals surface area contributed by atoms with Crippen molar-refractivity contribution >= 4 is 33.6 Å². The fourth-order valence-electron chi connectivity index (χ4n) is 1.33. The summed E-state index contributed by atoms with van der Waals surface area (Å²) >= 11 is 4.62. The Bertz CT molecular complexity index is 560. The highest BCUT2D eigenvalue weighted by atomic mass is 79.9. The Morgan fingerprint density at radius 3 is 2.67 bits per heavy atom. The smallest absolute Gasteiger partial charge is 0.227 e. The first-order valence-electron chi connectivity index (χ1n) is 5.15. The molecule has 1 aromatic carbocycles. The highest BCUT2D eigenvalue weighted by Crippen LogP contribution is 2.21. The van der Waals surface area contributed by atoms with Crippen molar-refractivity contribution in [2.75, 3.05) is 5.75 Å². The molecule has 0 atom stereocenters. The number of thioether (sulfide) groups is 1. The van der Waals surface area contributed by atoms with Crippen molar-refractivity contribution in [2.24, 2.45) is 5.73 Å². The molecule has 2 rings (SSSR count). The predicted molar refractivity (Wildman–Crippen MR) is 75.1 cm³/mol. The first kappa shape index (κ1) is 13.0. The molecular formula is C12H10BrN3OS. The predicted octanol–water partition coefficient (Wildman–Crippen LogP) is 2.48. The van der Waals surface area contributed by atoms with E-state index in [1.165, 1.54) is 11.8 Å². The van der Waals surface area contributed by atoms with Gasteiger partial charge in [0.2, 0.25) is 5.91 Å². The van der Waals surface area contributed by atoms with Crippen LogP contribution in [0.3, 0.4) is 0 Å². The minimum atomic E-state index is -0.377. The van der Waals surface area contributed by atoms with Crippen molar-refractivity contribution in [1.29, 1.82) is 0 Å². The lowest BCUT2D eigenvalue weighted by Crippen LogP contribution is -2.13. The van der Waals surface area contributed by atoms with Crippen LogP contribution in [0.15, 0.2) is 46.2 Å². The molecule has 0 aliphatic rings. The molecule has 0 unspecified atom stereocenters. The molecule has 0 radical (unpaired) electrons. The third-order valence-corrected chi connectivity index (χ3v) is 3.53. The number of benzene rings is 1. The van der Waals surface area contributed by atoms with Gasteiger partial charge in [0, 0.05) is 16.2 Å². The summed E-state index contributed by atoms with van der Waals surface area (Å²) < 4.78 is 1.02. The lowest BCUT2D eigenvalue weighted by Gasteiger charge is -2.03. The van der Waals surface area contributed by atoms with Crippen LogP contribution in [0.2, 0.25) is 0 Å². The van der Waals surface area contributed by atoms with E-state index in [0.717, 1.165) is 15.7 Å². The average molecular weight is 324 g/mol. The maximum atomic E-state index is 10.7. The molecular weight excluding hydrogens is 314 g/mol. The van der Waals surface area contributed by atoms with Crippen molar-refractivity contribution in [3.05, 3.63) is 41.0 Å². The van der Waals surface area contributed by atoms with E-state index in [-0.39, 0.29) is 11.7 Å². The van der Waals surface area contributed by atoms with Gasteiger partial charge < -0.3 is 5.73 Å². The van der Waals surface area contributed by atoms with Gasteiger partial charge >= 0.3 is 0 Å². The summed E-state index contributed by atoms with van der Waals surface area (Å²) in [5.74, 6) is -0.193. The number of hydrogen-bond donors (Lipinski definition) is 1. The summed E-state index contributed by atoms with van der Waals surface area (Å²) in [5, 5.41) is 0.550. The Morgan fingerprint density at radius 1 is 1.28 bits per heavy atom. The van der Waals surface area contributed by atoms with E-state index < -0.39 is 0 Å². The van der Waals surface area contributed by atoms with Crippen LogP contribution >= 0.6 is 27.7 Å². The molecule has 0 saturated carbocycles. The van der Waals surface area contributed by atoms with E-state index in [9.17, 15) is 4.79 Å². The number of primary amides is 1. The van der Waals surface area contributed by atoms with Crippen LogP contribution in [-0.4, -0.2) is 21.6 Å². The summed E-state index contributed by atoms with van der Waals surface area (Å²) in [6.07, 6.45) is 1.67. The molecule has 1 amide bonds. The minimum absolute atomic E-state index is 0.184. The molecule has 2 aromatic rings. The van der Waals surface area contributed by atoms with Crippen LogP contribution in [0.1, 0.15) is 0 Å². The largest absolute Gasteiger partial charge is 0.369 e. The van der Waals surface area contributed by atoms with Crippen LogP contribution in [-0.2, 0) is 4.79 Å². The van der Waals surface area contributed by atoms with Crippen LogP contribution in [0, 0.1) is 0 Å². The molecule has 0 aliphatic heterocycles. The van der Waals surface area contributed by atoms with Crippen molar-refractivity contribution in [2.45, 2.75) is 5.16 Å². The van der Waals surface area contributed by atoms with Gasteiger partial charge in [-0.05, 0) is 18.2 Å². The second-order valence-electron chi connectivity index (χ2n) is 3.49. The lowest BCUT2D eigenvalue weighted by molar-refractivity contribution is -0.115. The zero-order valence-corrected chi connectivity index (χ0v) is 11.7. The topological polar surface area (TPSA) is 68.9 Å². The van der Waals surface area contributed by atoms with Gasteiger partial charge in [-0.3, -0.25) is 4.79 Å². The fraction of sp³-hybridized carbons (Fsp3) is 0.0833. The van der Waals surface area contributed by atoms with Gasteiger partial charge in [-0.2, -0.15) is 0 Å². The fourth-order valence-corrected chi connectivity index (χ4v) is 2.16. The van der Waals surface area contributed by atoms with Gasteiger partial charge in [0.1, 0.15) is 0 Å². The first-order chi connectivity index (χ1) is 8.65. The molecule has 18 heavy (non-hydrogen) atoms. The number of rotatable bonds is 4. The molecule has 6 heteroatoms. The summed E-state index contributed by atoms with van der Waals surface area (Å²) in [6.45, 7) is 0. The molecule has 0 aliphatic carbocycles. The molecule has 0 spiro atoms. The summed E-state index contributed by atoms with van der Waals surface area (Å²) in [5.41, 5.74) is 6.91. The number of halogens is 1. The molecule has 2 N–H and O–H groups in total. The number of amides is 1.